The molecule has 1 saturated carbocycles. The fourth-order valence-corrected chi connectivity index (χ4v) is 4.52. The summed E-state index contributed by atoms with van der Waals surface area (Å²) in [6, 6.07) is 20.0. The Morgan fingerprint density at radius 1 is 0.872 bits per heavy atom. The average Bonchev–Trinajstić information content (AvgIpc) is 2.95. The van der Waals surface area contributed by atoms with Gasteiger partial charge in [-0.2, -0.15) is 5.10 Å². The van der Waals surface area contributed by atoms with E-state index in [9.17, 15) is 19.2 Å². The third-order valence-corrected chi connectivity index (χ3v) is 6.61. The number of nitrogens with one attached hydrogen (secondary N) is 3. The zero-order valence-corrected chi connectivity index (χ0v) is 22.6. The average molecular weight is 591 g/mol. The molecular formula is C29H27BrN4O5. The Labute approximate surface area is 234 Å². The van der Waals surface area contributed by atoms with Crippen molar-refractivity contribution in [1.29, 1.82) is 0 Å². The number of amides is 3. The van der Waals surface area contributed by atoms with Gasteiger partial charge in [-0.3, -0.25) is 14.4 Å². The van der Waals surface area contributed by atoms with Gasteiger partial charge in [0.15, 0.2) is 0 Å². The Kier molecular flexibility index (Phi) is 9.58. The van der Waals surface area contributed by atoms with Crippen LogP contribution in [0.15, 0.2) is 82.4 Å². The zero-order valence-electron chi connectivity index (χ0n) is 21.0. The minimum Gasteiger partial charge on any atom is -0.422 e. The highest BCUT2D eigenvalue weighted by molar-refractivity contribution is 9.10. The summed E-state index contributed by atoms with van der Waals surface area (Å²) >= 11 is 3.35. The number of para-hydroxylation sites is 1. The lowest BCUT2D eigenvalue weighted by Crippen LogP contribution is -2.37. The Bertz CT molecular complexity index is 1390. The number of halogens is 1. The first-order chi connectivity index (χ1) is 18.9. The van der Waals surface area contributed by atoms with Crippen molar-refractivity contribution < 1.29 is 23.9 Å². The van der Waals surface area contributed by atoms with E-state index in [-0.39, 0.29) is 28.9 Å². The molecular weight excluding hydrogens is 564 g/mol. The number of anilines is 1. The summed E-state index contributed by atoms with van der Waals surface area (Å²) in [6.45, 7) is 0. The molecule has 0 aliphatic heterocycles. The smallest absolute Gasteiger partial charge is 0.343 e. The van der Waals surface area contributed by atoms with Crippen LogP contribution in [0.2, 0.25) is 0 Å². The van der Waals surface area contributed by atoms with E-state index in [1.807, 2.05) is 0 Å². The predicted octanol–water partition coefficient (Wildman–Crippen LogP) is 4.82. The van der Waals surface area contributed by atoms with Crippen molar-refractivity contribution in [3.8, 4) is 5.75 Å². The molecule has 0 bridgehead atoms. The molecule has 39 heavy (non-hydrogen) atoms. The summed E-state index contributed by atoms with van der Waals surface area (Å²) in [5.74, 6) is -2.67. The number of carbonyl (C=O) groups is 4. The first-order valence-electron chi connectivity index (χ1n) is 12.5. The molecule has 0 heterocycles. The monoisotopic (exact) mass is 590 g/mol. The van der Waals surface area contributed by atoms with Crippen molar-refractivity contribution in [2.75, 3.05) is 5.32 Å². The van der Waals surface area contributed by atoms with Crippen molar-refractivity contribution in [3.05, 3.63) is 94.0 Å². The highest BCUT2D eigenvalue weighted by Gasteiger charge is 2.21. The quantitative estimate of drug-likeness (QED) is 0.120. The van der Waals surface area contributed by atoms with Crippen LogP contribution in [0.3, 0.4) is 0 Å². The molecule has 1 aliphatic rings. The molecule has 1 fully saturated rings. The number of carbonyl (C=O) groups excluding carboxylic acids is 4. The van der Waals surface area contributed by atoms with Gasteiger partial charge in [-0.1, -0.05) is 65.5 Å². The van der Waals surface area contributed by atoms with E-state index in [0.717, 1.165) is 32.1 Å². The highest BCUT2D eigenvalue weighted by Crippen LogP contribution is 2.23. The minimum absolute atomic E-state index is 0.0996. The Hall–Kier alpha value is -4.31. The van der Waals surface area contributed by atoms with E-state index < -0.39 is 17.8 Å². The summed E-state index contributed by atoms with van der Waals surface area (Å²) in [4.78, 5) is 50.2. The van der Waals surface area contributed by atoms with Gasteiger partial charge in [0, 0.05) is 16.1 Å². The summed E-state index contributed by atoms with van der Waals surface area (Å²) in [5, 5.41) is 9.33. The maximum absolute atomic E-state index is 12.8. The van der Waals surface area contributed by atoms with Gasteiger partial charge in [-0.15, -0.1) is 0 Å². The standard InChI is InChI=1S/C29H27BrN4O5/c30-21-15-16-25(39-29(38)19-9-3-1-4-10-19)20(17-21)18-31-34-28(37)27(36)33-24-14-8-7-13-23(24)26(35)32-22-11-5-2-6-12-22/h1,3-4,7-10,13-18,22H,2,5-6,11-12H2,(H,32,35)(H,33,36)(H,34,37). The van der Waals surface area contributed by atoms with Crippen LogP contribution in [-0.2, 0) is 9.59 Å². The van der Waals surface area contributed by atoms with Crippen molar-refractivity contribution >= 4 is 51.5 Å². The number of esters is 1. The molecule has 3 aromatic carbocycles. The lowest BCUT2D eigenvalue weighted by molar-refractivity contribution is -0.136. The predicted molar refractivity (Wildman–Crippen MR) is 151 cm³/mol. The third kappa shape index (κ3) is 7.84. The number of benzene rings is 3. The van der Waals surface area contributed by atoms with Crippen molar-refractivity contribution in [3.63, 3.8) is 0 Å². The van der Waals surface area contributed by atoms with Gasteiger partial charge >= 0.3 is 17.8 Å². The maximum Gasteiger partial charge on any atom is 0.343 e. The minimum atomic E-state index is -1.04. The largest absolute Gasteiger partial charge is 0.422 e. The molecule has 4 rings (SSSR count). The van der Waals surface area contributed by atoms with Crippen LogP contribution in [0.4, 0.5) is 5.69 Å². The van der Waals surface area contributed by atoms with Crippen molar-refractivity contribution in [2.24, 2.45) is 5.10 Å². The fraction of sp³-hybridized carbons (Fsp3) is 0.207. The van der Waals surface area contributed by atoms with Gasteiger partial charge in [-0.25, -0.2) is 10.2 Å². The van der Waals surface area contributed by atoms with E-state index in [1.165, 1.54) is 6.21 Å². The van der Waals surface area contributed by atoms with Crippen LogP contribution in [0.25, 0.3) is 0 Å². The van der Waals surface area contributed by atoms with E-state index in [4.69, 9.17) is 4.74 Å². The molecule has 3 N–H and O–H groups in total. The van der Waals surface area contributed by atoms with Crippen molar-refractivity contribution in [1.82, 2.24) is 10.7 Å². The van der Waals surface area contributed by atoms with Crippen LogP contribution in [-0.4, -0.2) is 35.9 Å². The molecule has 0 unspecified atom stereocenters. The first kappa shape index (κ1) is 27.7. The number of nitrogens with zero attached hydrogens (tertiary/aromatic N) is 1. The molecule has 0 saturated heterocycles. The van der Waals surface area contributed by atoms with E-state index >= 15 is 0 Å². The van der Waals surface area contributed by atoms with Crippen LogP contribution in [0, 0.1) is 0 Å². The number of ether oxygens (including phenoxy) is 1. The van der Waals surface area contributed by atoms with Crippen LogP contribution in [0.5, 0.6) is 5.75 Å². The molecule has 0 spiro atoms. The lowest BCUT2D eigenvalue weighted by atomic mass is 9.95. The highest BCUT2D eigenvalue weighted by atomic mass is 79.9. The molecule has 9 nitrogen and oxygen atoms in total. The number of hydrazone groups is 1. The molecule has 3 amide bonds. The SMILES string of the molecule is O=C(NN=Cc1cc(Br)ccc1OC(=O)c1ccccc1)C(=O)Nc1ccccc1C(=O)NC1CCCCC1. The lowest BCUT2D eigenvalue weighted by Gasteiger charge is -2.23. The van der Waals surface area contributed by atoms with E-state index in [1.54, 1.807) is 72.8 Å². The van der Waals surface area contributed by atoms with Gasteiger partial charge in [0.25, 0.3) is 5.91 Å². The number of rotatable bonds is 7. The zero-order chi connectivity index (χ0) is 27.6. The summed E-state index contributed by atoms with van der Waals surface area (Å²) in [7, 11) is 0. The van der Waals surface area contributed by atoms with Crippen molar-refractivity contribution in [2.45, 2.75) is 38.1 Å². The second kappa shape index (κ2) is 13.5. The van der Waals surface area contributed by atoms with Crippen LogP contribution >= 0.6 is 15.9 Å². The molecule has 0 radical (unpaired) electrons. The van der Waals surface area contributed by atoms with Gasteiger partial charge < -0.3 is 15.4 Å². The third-order valence-electron chi connectivity index (χ3n) is 6.12. The Morgan fingerprint density at radius 2 is 1.59 bits per heavy atom. The summed E-state index contributed by atoms with van der Waals surface area (Å²) < 4.78 is 6.17. The number of hydrogen-bond acceptors (Lipinski definition) is 6. The topological polar surface area (TPSA) is 126 Å². The first-order valence-corrected chi connectivity index (χ1v) is 13.3. The van der Waals surface area contributed by atoms with E-state index in [2.05, 4.69) is 37.1 Å². The second-order valence-corrected chi connectivity index (χ2v) is 9.86. The molecule has 10 heteroatoms. The van der Waals surface area contributed by atoms with Crippen LogP contribution < -0.4 is 20.8 Å². The van der Waals surface area contributed by atoms with Gasteiger partial charge in [0.2, 0.25) is 0 Å². The fourth-order valence-electron chi connectivity index (χ4n) is 4.14. The summed E-state index contributed by atoms with van der Waals surface area (Å²) in [5.41, 5.74) is 3.41. The molecule has 3 aromatic rings. The summed E-state index contributed by atoms with van der Waals surface area (Å²) in [6.07, 6.45) is 6.41. The normalized spacial score (nSPS) is 13.5. The molecule has 0 aromatic heterocycles. The maximum atomic E-state index is 12.8. The second-order valence-electron chi connectivity index (χ2n) is 8.94. The molecule has 0 atom stereocenters. The van der Waals surface area contributed by atoms with Gasteiger partial charge in [0.1, 0.15) is 5.75 Å². The Morgan fingerprint density at radius 3 is 2.36 bits per heavy atom. The number of hydrogen-bond donors (Lipinski definition) is 3. The molecule has 1 aliphatic carbocycles. The van der Waals surface area contributed by atoms with Gasteiger partial charge in [0.05, 0.1) is 23.0 Å². The van der Waals surface area contributed by atoms with Crippen LogP contribution in [0.1, 0.15) is 58.4 Å². The van der Waals surface area contributed by atoms with Gasteiger partial charge in [-0.05, 0) is 55.3 Å². The van der Waals surface area contributed by atoms with E-state index in [0.29, 0.717) is 15.6 Å². The molecule has 200 valence electrons. The Balaban J connectivity index is 1.38.